The molecule has 0 aromatic carbocycles. The molecule has 0 amide bonds. The second-order valence-electron chi connectivity index (χ2n) is 3.51. The lowest BCUT2D eigenvalue weighted by Crippen LogP contribution is -2.28. The first-order valence-corrected chi connectivity index (χ1v) is 5.12. The summed E-state index contributed by atoms with van der Waals surface area (Å²) in [6.45, 7) is 4.12. The van der Waals surface area contributed by atoms with E-state index in [0.29, 0.717) is 19.5 Å². The number of aromatic nitrogens is 1. The number of aliphatic hydroxyl groups excluding tert-OH is 2. The Kier molecular flexibility index (Phi) is 5.31. The minimum Gasteiger partial charge on any atom is -0.396 e. The molecule has 86 valence electrons. The van der Waals surface area contributed by atoms with Crippen molar-refractivity contribution in [2.75, 3.05) is 26.3 Å². The maximum Gasteiger partial charge on any atom is 0.133 e. The largest absolute Gasteiger partial charge is 0.396 e. The highest BCUT2D eigenvalue weighted by Crippen LogP contribution is 2.05. The summed E-state index contributed by atoms with van der Waals surface area (Å²) in [7, 11) is 0. The zero-order valence-electron chi connectivity index (χ0n) is 9.02. The van der Waals surface area contributed by atoms with E-state index in [9.17, 15) is 0 Å². The van der Waals surface area contributed by atoms with Crippen LogP contribution in [0.5, 0.6) is 0 Å². The van der Waals surface area contributed by atoms with Crippen LogP contribution in [0.2, 0.25) is 0 Å². The molecule has 0 saturated carbocycles. The number of hydrogen-bond donors (Lipinski definition) is 2. The van der Waals surface area contributed by atoms with Crippen molar-refractivity contribution < 1.29 is 14.7 Å². The lowest BCUT2D eigenvalue weighted by Gasteiger charge is -2.18. The number of hydrogen-bond acceptors (Lipinski definition) is 5. The summed E-state index contributed by atoms with van der Waals surface area (Å²) >= 11 is 0. The Bertz CT molecular complexity index is 275. The van der Waals surface area contributed by atoms with Gasteiger partial charge in [-0.15, -0.1) is 0 Å². The summed E-state index contributed by atoms with van der Waals surface area (Å²) in [5.74, 6) is 0.788. The molecular formula is C10H18N2O3. The fourth-order valence-electron chi connectivity index (χ4n) is 1.43. The zero-order chi connectivity index (χ0) is 11.1. The average Bonchev–Trinajstić information content (AvgIpc) is 2.61. The van der Waals surface area contributed by atoms with Gasteiger partial charge in [-0.2, -0.15) is 0 Å². The lowest BCUT2D eigenvalue weighted by atomic mass is 10.3. The quantitative estimate of drug-likeness (QED) is 0.676. The number of aliphatic hydroxyl groups is 2. The molecular weight excluding hydrogens is 196 g/mol. The molecule has 5 heteroatoms. The first kappa shape index (κ1) is 12.2. The van der Waals surface area contributed by atoms with Crippen molar-refractivity contribution in [1.29, 1.82) is 0 Å². The van der Waals surface area contributed by atoms with E-state index >= 15 is 0 Å². The Balaban J connectivity index is 2.42. The van der Waals surface area contributed by atoms with Gasteiger partial charge in [0.1, 0.15) is 5.76 Å². The van der Waals surface area contributed by atoms with Crippen molar-refractivity contribution >= 4 is 0 Å². The predicted octanol–water partition coefficient (Wildman–Crippen LogP) is 0.160. The second kappa shape index (κ2) is 6.55. The summed E-state index contributed by atoms with van der Waals surface area (Å²) in [6, 6.07) is 1.88. The number of aryl methyl sites for hydroxylation is 1. The molecule has 0 saturated heterocycles. The number of rotatable bonds is 7. The third kappa shape index (κ3) is 4.42. The van der Waals surface area contributed by atoms with Crippen molar-refractivity contribution in [2.45, 2.75) is 19.9 Å². The van der Waals surface area contributed by atoms with E-state index in [1.54, 1.807) is 0 Å². The molecule has 2 N–H and O–H groups in total. The van der Waals surface area contributed by atoms with E-state index in [-0.39, 0.29) is 13.2 Å². The van der Waals surface area contributed by atoms with Gasteiger partial charge in [-0.1, -0.05) is 5.16 Å². The molecule has 1 heterocycles. The molecule has 1 aromatic rings. The SMILES string of the molecule is Cc1cc(CN(CCO)CCCO)no1. The highest BCUT2D eigenvalue weighted by Gasteiger charge is 2.08. The van der Waals surface area contributed by atoms with E-state index in [2.05, 4.69) is 5.16 Å². The molecule has 0 unspecified atom stereocenters. The van der Waals surface area contributed by atoms with Crippen molar-refractivity contribution in [2.24, 2.45) is 0 Å². The monoisotopic (exact) mass is 214 g/mol. The molecule has 0 fully saturated rings. The van der Waals surface area contributed by atoms with Crippen molar-refractivity contribution in [3.05, 3.63) is 17.5 Å². The standard InChI is InChI=1S/C10H18N2O3/c1-9-7-10(11-15-9)8-12(4-6-14)3-2-5-13/h7,13-14H,2-6,8H2,1H3. The highest BCUT2D eigenvalue weighted by atomic mass is 16.5. The highest BCUT2D eigenvalue weighted by molar-refractivity contribution is 5.03. The van der Waals surface area contributed by atoms with Crippen LogP contribution in [0.15, 0.2) is 10.6 Å². The van der Waals surface area contributed by atoms with Crippen LogP contribution in [0, 0.1) is 6.92 Å². The first-order chi connectivity index (χ1) is 7.26. The van der Waals surface area contributed by atoms with Crippen LogP contribution in [0.4, 0.5) is 0 Å². The summed E-state index contributed by atoms with van der Waals surface area (Å²) in [5.41, 5.74) is 0.860. The van der Waals surface area contributed by atoms with Gasteiger partial charge in [-0.25, -0.2) is 0 Å². The molecule has 0 atom stereocenters. The molecule has 0 bridgehead atoms. The van der Waals surface area contributed by atoms with Crippen LogP contribution in [0.25, 0.3) is 0 Å². The number of nitrogens with zero attached hydrogens (tertiary/aromatic N) is 2. The molecule has 0 aliphatic heterocycles. The van der Waals surface area contributed by atoms with Crippen molar-refractivity contribution in [1.82, 2.24) is 10.1 Å². The van der Waals surface area contributed by atoms with Gasteiger partial charge in [0.15, 0.2) is 0 Å². The van der Waals surface area contributed by atoms with Gasteiger partial charge in [0, 0.05) is 32.3 Å². The van der Waals surface area contributed by atoms with Gasteiger partial charge >= 0.3 is 0 Å². The van der Waals surface area contributed by atoms with Gasteiger partial charge in [0.25, 0.3) is 0 Å². The summed E-state index contributed by atoms with van der Waals surface area (Å²) < 4.78 is 4.96. The van der Waals surface area contributed by atoms with E-state index in [0.717, 1.165) is 18.0 Å². The fraction of sp³-hybridized carbons (Fsp3) is 0.700. The van der Waals surface area contributed by atoms with E-state index in [1.807, 2.05) is 17.9 Å². The fourth-order valence-corrected chi connectivity index (χ4v) is 1.43. The summed E-state index contributed by atoms with van der Waals surface area (Å²) in [5, 5.41) is 21.5. The van der Waals surface area contributed by atoms with E-state index in [1.165, 1.54) is 0 Å². The van der Waals surface area contributed by atoms with Gasteiger partial charge in [0.2, 0.25) is 0 Å². The minimum atomic E-state index is 0.113. The Morgan fingerprint density at radius 2 is 2.13 bits per heavy atom. The molecule has 1 aromatic heterocycles. The van der Waals surface area contributed by atoms with Crippen LogP contribution in [-0.4, -0.2) is 46.6 Å². The van der Waals surface area contributed by atoms with Gasteiger partial charge in [0.05, 0.1) is 12.3 Å². The van der Waals surface area contributed by atoms with E-state index < -0.39 is 0 Å². The molecule has 0 spiro atoms. The third-order valence-corrected chi connectivity index (χ3v) is 2.11. The Labute approximate surface area is 89.3 Å². The van der Waals surface area contributed by atoms with Crippen molar-refractivity contribution in [3.63, 3.8) is 0 Å². The van der Waals surface area contributed by atoms with Crippen LogP contribution in [0.1, 0.15) is 17.9 Å². The second-order valence-corrected chi connectivity index (χ2v) is 3.51. The zero-order valence-corrected chi connectivity index (χ0v) is 9.02. The Morgan fingerprint density at radius 1 is 1.33 bits per heavy atom. The maximum atomic E-state index is 8.87. The third-order valence-electron chi connectivity index (χ3n) is 2.11. The molecule has 5 nitrogen and oxygen atoms in total. The first-order valence-electron chi connectivity index (χ1n) is 5.12. The maximum absolute atomic E-state index is 8.87. The van der Waals surface area contributed by atoms with Crippen LogP contribution >= 0.6 is 0 Å². The molecule has 15 heavy (non-hydrogen) atoms. The topological polar surface area (TPSA) is 69.7 Å². The average molecular weight is 214 g/mol. The molecule has 1 rings (SSSR count). The van der Waals surface area contributed by atoms with Gasteiger partial charge in [-0.3, -0.25) is 4.90 Å². The molecule has 0 radical (unpaired) electrons. The van der Waals surface area contributed by atoms with E-state index in [4.69, 9.17) is 14.7 Å². The van der Waals surface area contributed by atoms with Crippen molar-refractivity contribution in [3.8, 4) is 0 Å². The van der Waals surface area contributed by atoms with Gasteiger partial charge < -0.3 is 14.7 Å². The predicted molar refractivity (Wildman–Crippen MR) is 55.3 cm³/mol. The normalized spacial score (nSPS) is 11.2. The molecule has 0 aliphatic rings. The van der Waals surface area contributed by atoms with Crippen LogP contribution < -0.4 is 0 Å². The molecule has 0 aliphatic carbocycles. The lowest BCUT2D eigenvalue weighted by molar-refractivity contribution is 0.171. The Hall–Kier alpha value is -0.910. The summed E-state index contributed by atoms with van der Waals surface area (Å²) in [4.78, 5) is 2.04. The van der Waals surface area contributed by atoms with Crippen LogP contribution in [0.3, 0.4) is 0 Å². The van der Waals surface area contributed by atoms with Crippen LogP contribution in [-0.2, 0) is 6.54 Å². The van der Waals surface area contributed by atoms with Gasteiger partial charge in [-0.05, 0) is 13.3 Å². The smallest absolute Gasteiger partial charge is 0.133 e. The summed E-state index contributed by atoms with van der Waals surface area (Å²) in [6.07, 6.45) is 0.705. The Morgan fingerprint density at radius 3 is 2.67 bits per heavy atom. The minimum absolute atomic E-state index is 0.113.